The molecule has 0 fully saturated rings. The maximum atomic E-state index is 9.43. The van der Waals surface area contributed by atoms with Crippen molar-refractivity contribution in [3.63, 3.8) is 0 Å². The van der Waals surface area contributed by atoms with E-state index in [1.807, 2.05) is 0 Å². The highest BCUT2D eigenvalue weighted by Gasteiger charge is 2.23. The molecule has 0 saturated carbocycles. The maximum Gasteiger partial charge on any atom is 0.136 e. The van der Waals surface area contributed by atoms with Crippen LogP contribution in [0.4, 0.5) is 0 Å². The first-order valence-corrected chi connectivity index (χ1v) is 6.97. The Kier molecular flexibility index (Phi) is 4.10. The molecular formula is C14H19BrO2. The van der Waals surface area contributed by atoms with Gasteiger partial charge in [-0.3, -0.25) is 0 Å². The molecule has 2 rings (SSSR count). The second kappa shape index (κ2) is 5.40. The molecule has 1 aromatic rings. The lowest BCUT2D eigenvalue weighted by atomic mass is 9.84. The summed E-state index contributed by atoms with van der Waals surface area (Å²) >= 11 is 3.58. The van der Waals surface area contributed by atoms with Gasteiger partial charge in [-0.05, 0) is 58.8 Å². The van der Waals surface area contributed by atoms with E-state index in [1.165, 1.54) is 29.5 Å². The Balaban J connectivity index is 2.61. The minimum Gasteiger partial charge on any atom is -0.495 e. The Bertz CT molecular complexity index is 415. The summed E-state index contributed by atoms with van der Waals surface area (Å²) in [7, 11) is 1.70. The predicted molar refractivity (Wildman–Crippen MR) is 72.8 cm³/mol. The van der Waals surface area contributed by atoms with Gasteiger partial charge in [0.15, 0.2) is 0 Å². The van der Waals surface area contributed by atoms with Crippen LogP contribution >= 0.6 is 15.9 Å². The molecule has 1 atom stereocenters. The van der Waals surface area contributed by atoms with Gasteiger partial charge in [0.05, 0.1) is 11.6 Å². The lowest BCUT2D eigenvalue weighted by molar-refractivity contribution is 0.268. The molecule has 0 radical (unpaired) electrons. The van der Waals surface area contributed by atoms with Crippen molar-refractivity contribution in [2.45, 2.75) is 38.5 Å². The van der Waals surface area contributed by atoms with Crippen LogP contribution in [0.25, 0.3) is 0 Å². The summed E-state index contributed by atoms with van der Waals surface area (Å²) < 4.78 is 6.52. The van der Waals surface area contributed by atoms with Crippen molar-refractivity contribution in [1.82, 2.24) is 0 Å². The average molecular weight is 299 g/mol. The Labute approximate surface area is 111 Å². The lowest BCUT2D eigenvalue weighted by Crippen LogP contribution is -2.12. The van der Waals surface area contributed by atoms with Crippen molar-refractivity contribution in [1.29, 1.82) is 0 Å². The van der Waals surface area contributed by atoms with Gasteiger partial charge in [-0.25, -0.2) is 0 Å². The maximum absolute atomic E-state index is 9.43. The van der Waals surface area contributed by atoms with E-state index in [2.05, 4.69) is 28.9 Å². The third kappa shape index (κ3) is 2.36. The van der Waals surface area contributed by atoms with Crippen molar-refractivity contribution in [3.05, 3.63) is 27.2 Å². The van der Waals surface area contributed by atoms with E-state index in [1.54, 1.807) is 7.11 Å². The van der Waals surface area contributed by atoms with Crippen molar-refractivity contribution >= 4 is 15.9 Å². The van der Waals surface area contributed by atoms with Crippen molar-refractivity contribution in [3.8, 4) is 5.75 Å². The summed E-state index contributed by atoms with van der Waals surface area (Å²) in [5.74, 6) is 1.03. The van der Waals surface area contributed by atoms with E-state index < -0.39 is 0 Å². The average Bonchev–Trinajstić information content (AvgIpc) is 2.36. The second-order valence-corrected chi connectivity index (χ2v) is 5.59. The summed E-state index contributed by atoms with van der Waals surface area (Å²) in [6.07, 6.45) is 4.75. The summed E-state index contributed by atoms with van der Waals surface area (Å²) in [5, 5.41) is 9.43. The third-order valence-corrected chi connectivity index (χ3v) is 4.16. The van der Waals surface area contributed by atoms with Crippen LogP contribution in [0.5, 0.6) is 5.75 Å². The number of rotatable bonds is 3. The molecule has 1 N–H and O–H groups in total. The fourth-order valence-electron chi connectivity index (χ4n) is 2.70. The minimum atomic E-state index is 0.134. The van der Waals surface area contributed by atoms with Gasteiger partial charge >= 0.3 is 0 Å². The summed E-state index contributed by atoms with van der Waals surface area (Å²) in [6.45, 7) is 2.22. The molecule has 0 aromatic heterocycles. The molecule has 0 spiro atoms. The summed E-state index contributed by atoms with van der Waals surface area (Å²) in [5.41, 5.74) is 4.01. The Hall–Kier alpha value is -0.540. The zero-order chi connectivity index (χ0) is 12.4. The van der Waals surface area contributed by atoms with Crippen molar-refractivity contribution < 1.29 is 9.84 Å². The number of fused-ring (bicyclic) bond motifs is 1. The van der Waals surface area contributed by atoms with Crippen LogP contribution in [0.1, 0.15) is 42.4 Å². The molecule has 0 amide bonds. The van der Waals surface area contributed by atoms with Crippen LogP contribution in [0.2, 0.25) is 0 Å². The van der Waals surface area contributed by atoms with Gasteiger partial charge in [0.2, 0.25) is 0 Å². The van der Waals surface area contributed by atoms with E-state index in [-0.39, 0.29) is 12.5 Å². The van der Waals surface area contributed by atoms with Crippen LogP contribution in [0.3, 0.4) is 0 Å². The topological polar surface area (TPSA) is 29.5 Å². The third-order valence-electron chi connectivity index (χ3n) is 3.57. The number of benzene rings is 1. The number of methoxy groups -OCH3 is 1. The van der Waals surface area contributed by atoms with Crippen LogP contribution in [0, 0.1) is 0 Å². The number of hydrogen-bond acceptors (Lipinski definition) is 2. The zero-order valence-corrected chi connectivity index (χ0v) is 12.0. The standard InChI is InChI=1S/C14H19BrO2/c1-9(8-16)13-11-6-4-3-5-10(11)7-12(15)14(13)17-2/h7,9,16H,3-6,8H2,1-2H3. The first-order valence-electron chi connectivity index (χ1n) is 6.18. The van der Waals surface area contributed by atoms with Crippen molar-refractivity contribution in [2.24, 2.45) is 0 Å². The number of ether oxygens (including phenoxy) is 1. The quantitative estimate of drug-likeness (QED) is 0.926. The molecule has 1 unspecified atom stereocenters. The molecule has 2 nitrogen and oxygen atoms in total. The van der Waals surface area contributed by atoms with Gasteiger partial charge in [0, 0.05) is 18.1 Å². The predicted octanol–water partition coefficient (Wildman–Crippen LogP) is 3.43. The molecule has 0 aliphatic heterocycles. The lowest BCUT2D eigenvalue weighted by Gasteiger charge is -2.25. The van der Waals surface area contributed by atoms with E-state index >= 15 is 0 Å². The van der Waals surface area contributed by atoms with E-state index in [4.69, 9.17) is 4.74 Å². The Morgan fingerprint density at radius 1 is 1.41 bits per heavy atom. The van der Waals surface area contributed by atoms with Gasteiger partial charge in [0.25, 0.3) is 0 Å². The fraction of sp³-hybridized carbons (Fsp3) is 0.571. The summed E-state index contributed by atoms with van der Waals surface area (Å²) in [6, 6.07) is 2.18. The fourth-order valence-corrected chi connectivity index (χ4v) is 3.35. The number of aliphatic hydroxyl groups excluding tert-OH is 1. The number of halogens is 1. The van der Waals surface area contributed by atoms with Gasteiger partial charge < -0.3 is 9.84 Å². The molecule has 1 aromatic carbocycles. The van der Waals surface area contributed by atoms with E-state index in [9.17, 15) is 5.11 Å². The molecule has 0 heterocycles. The van der Waals surface area contributed by atoms with Crippen LogP contribution in [-0.4, -0.2) is 18.8 Å². The smallest absolute Gasteiger partial charge is 0.136 e. The highest BCUT2D eigenvalue weighted by atomic mass is 79.9. The molecule has 17 heavy (non-hydrogen) atoms. The molecule has 1 aliphatic carbocycles. The van der Waals surface area contributed by atoms with Gasteiger partial charge in [-0.15, -0.1) is 0 Å². The van der Waals surface area contributed by atoms with Gasteiger partial charge in [-0.1, -0.05) is 6.92 Å². The first kappa shape index (κ1) is 12.9. The largest absolute Gasteiger partial charge is 0.495 e. The zero-order valence-electron chi connectivity index (χ0n) is 10.4. The van der Waals surface area contributed by atoms with Crippen LogP contribution in [0.15, 0.2) is 10.5 Å². The molecule has 1 aliphatic rings. The molecule has 94 valence electrons. The van der Waals surface area contributed by atoms with Crippen LogP contribution < -0.4 is 4.74 Å². The molecule has 3 heteroatoms. The molecular weight excluding hydrogens is 280 g/mol. The summed E-state index contributed by atoms with van der Waals surface area (Å²) in [4.78, 5) is 0. The van der Waals surface area contributed by atoms with Crippen LogP contribution in [-0.2, 0) is 12.8 Å². The number of aliphatic hydroxyl groups is 1. The first-order chi connectivity index (χ1) is 8.19. The normalized spacial score (nSPS) is 16.5. The SMILES string of the molecule is COc1c(Br)cc2c(c1C(C)CO)CCCC2. The van der Waals surface area contributed by atoms with E-state index in [0.717, 1.165) is 23.1 Å². The Morgan fingerprint density at radius 2 is 2.12 bits per heavy atom. The van der Waals surface area contributed by atoms with E-state index in [0.29, 0.717) is 0 Å². The van der Waals surface area contributed by atoms with Gasteiger partial charge in [-0.2, -0.15) is 0 Å². The highest BCUT2D eigenvalue weighted by Crippen LogP contribution is 2.41. The number of aryl methyl sites for hydroxylation is 1. The monoisotopic (exact) mass is 298 g/mol. The Morgan fingerprint density at radius 3 is 2.76 bits per heavy atom. The van der Waals surface area contributed by atoms with Gasteiger partial charge in [0.1, 0.15) is 5.75 Å². The number of hydrogen-bond donors (Lipinski definition) is 1. The highest BCUT2D eigenvalue weighted by molar-refractivity contribution is 9.10. The van der Waals surface area contributed by atoms with Crippen molar-refractivity contribution in [2.75, 3.05) is 13.7 Å². The second-order valence-electron chi connectivity index (χ2n) is 4.73. The molecule has 0 bridgehead atoms. The molecule has 0 saturated heterocycles. The minimum absolute atomic E-state index is 0.134.